The zero-order valence-corrected chi connectivity index (χ0v) is 26.6. The summed E-state index contributed by atoms with van der Waals surface area (Å²) in [5.41, 5.74) is 2.71. The molecule has 0 aromatic heterocycles. The molecule has 0 aliphatic heterocycles. The van der Waals surface area contributed by atoms with Crippen LogP contribution in [-0.4, -0.2) is 34.1 Å². The predicted octanol–water partition coefficient (Wildman–Crippen LogP) is 6.93. The van der Waals surface area contributed by atoms with E-state index in [2.05, 4.69) is 20.8 Å². The highest BCUT2D eigenvalue weighted by molar-refractivity contribution is 6.13. The van der Waals surface area contributed by atoms with E-state index in [1.54, 1.807) is 24.3 Å². The summed E-state index contributed by atoms with van der Waals surface area (Å²) >= 11 is 0. The number of hydrogen-bond donors (Lipinski definition) is 2. The van der Waals surface area contributed by atoms with E-state index in [-0.39, 0.29) is 40.6 Å². The molecule has 2 fully saturated rings. The van der Waals surface area contributed by atoms with Crippen molar-refractivity contribution < 1.29 is 38.9 Å². The second-order valence-electron chi connectivity index (χ2n) is 14.7. The van der Waals surface area contributed by atoms with Gasteiger partial charge in [0.05, 0.1) is 23.7 Å². The summed E-state index contributed by atoms with van der Waals surface area (Å²) < 4.78 is 12.5. The van der Waals surface area contributed by atoms with Crippen LogP contribution < -0.4 is 9.47 Å². The first kappa shape index (κ1) is 30.2. The lowest BCUT2D eigenvalue weighted by Crippen LogP contribution is -2.36. The first-order chi connectivity index (χ1) is 21.8. The third-order valence-electron chi connectivity index (χ3n) is 11.1. The highest BCUT2D eigenvalue weighted by Gasteiger charge is 2.56. The molecular weight excluding hydrogens is 584 g/mol. The fraction of sp³-hybridized carbons (Fsp3) is 0.421. The normalized spacial score (nSPS) is 29.6. The van der Waals surface area contributed by atoms with Crippen LogP contribution in [0.3, 0.4) is 0 Å². The van der Waals surface area contributed by atoms with E-state index in [9.17, 15) is 29.4 Å². The summed E-state index contributed by atoms with van der Waals surface area (Å²) in [5.74, 6) is -6.73. The van der Waals surface area contributed by atoms with Gasteiger partial charge in [0, 0.05) is 21.5 Å². The monoisotopic (exact) mass is 622 g/mol. The Morgan fingerprint density at radius 3 is 1.52 bits per heavy atom. The van der Waals surface area contributed by atoms with Gasteiger partial charge in [0.1, 0.15) is 11.5 Å². The fourth-order valence-electron chi connectivity index (χ4n) is 8.83. The summed E-state index contributed by atoms with van der Waals surface area (Å²) in [6, 6.07) is 12.9. The van der Waals surface area contributed by atoms with Crippen LogP contribution in [0.25, 0.3) is 21.5 Å². The van der Waals surface area contributed by atoms with Crippen molar-refractivity contribution in [2.75, 3.05) is 0 Å². The zero-order chi connectivity index (χ0) is 32.8. The average Bonchev–Trinajstić information content (AvgIpc) is 3.76. The van der Waals surface area contributed by atoms with Gasteiger partial charge in [0.2, 0.25) is 0 Å². The lowest BCUT2D eigenvalue weighted by Gasteiger charge is -2.27. The number of hydrogen-bond acceptors (Lipinski definition) is 6. The average molecular weight is 623 g/mol. The Bertz CT molecular complexity index is 1910. The Hall–Kier alpha value is -4.46. The predicted molar refractivity (Wildman–Crippen MR) is 171 cm³/mol. The van der Waals surface area contributed by atoms with Crippen molar-refractivity contribution in [1.29, 1.82) is 0 Å². The van der Waals surface area contributed by atoms with Crippen molar-refractivity contribution in [3.63, 3.8) is 0 Å². The Morgan fingerprint density at radius 2 is 1.09 bits per heavy atom. The van der Waals surface area contributed by atoms with Gasteiger partial charge in [-0.2, -0.15) is 0 Å². The van der Waals surface area contributed by atoms with Crippen molar-refractivity contribution in [2.45, 2.75) is 52.9 Å². The number of esters is 2. The fourth-order valence-corrected chi connectivity index (χ4v) is 8.83. The number of carboxylic acid groups (broad SMARTS) is 2. The van der Waals surface area contributed by atoms with E-state index in [1.807, 2.05) is 44.2 Å². The molecule has 4 aliphatic carbocycles. The molecule has 2 N–H and O–H groups in total. The minimum Gasteiger partial charge on any atom is -0.481 e. The van der Waals surface area contributed by atoms with E-state index in [4.69, 9.17) is 9.47 Å². The molecule has 3 aromatic carbocycles. The van der Waals surface area contributed by atoms with E-state index < -0.39 is 47.5 Å². The van der Waals surface area contributed by atoms with Gasteiger partial charge >= 0.3 is 23.9 Å². The molecule has 0 radical (unpaired) electrons. The topological polar surface area (TPSA) is 127 Å². The standard InChI is InChI=1S/C38H38O8/c1-17-12-19-14-25(17)30(34(39)40)28(19)36(43)45-32-22-8-6-7-9-23(22)33(27-16-21(38(3,4)5)10-11-24(27)32)46-37(44)29-20-13-18(2)26(15-20)31(29)35(41)42/h6-13,16,19-20,25-26,28-31H,14-15H2,1-5H3,(H,39,40)(H,41,42). The largest absolute Gasteiger partial charge is 0.481 e. The van der Waals surface area contributed by atoms with Gasteiger partial charge in [-0.15, -0.1) is 0 Å². The third kappa shape index (κ3) is 4.56. The molecule has 238 valence electrons. The lowest BCUT2D eigenvalue weighted by molar-refractivity contribution is -0.152. The maximum absolute atomic E-state index is 14.0. The van der Waals surface area contributed by atoms with Crippen LogP contribution in [0.15, 0.2) is 65.8 Å². The molecule has 8 heteroatoms. The number of allylic oxidation sites excluding steroid dienone is 4. The van der Waals surface area contributed by atoms with Gasteiger partial charge in [-0.3, -0.25) is 19.2 Å². The maximum atomic E-state index is 14.0. The van der Waals surface area contributed by atoms with Gasteiger partial charge in [-0.1, -0.05) is 80.5 Å². The van der Waals surface area contributed by atoms with Gasteiger partial charge in [0.15, 0.2) is 0 Å². The molecule has 4 bridgehead atoms. The first-order valence-electron chi connectivity index (χ1n) is 16.0. The smallest absolute Gasteiger partial charge is 0.315 e. The van der Waals surface area contributed by atoms with Crippen molar-refractivity contribution in [3.8, 4) is 11.5 Å². The number of ether oxygens (including phenoxy) is 2. The zero-order valence-electron chi connectivity index (χ0n) is 26.6. The van der Waals surface area contributed by atoms with Crippen LogP contribution in [-0.2, 0) is 24.6 Å². The van der Waals surface area contributed by atoms with Crippen molar-refractivity contribution >= 4 is 45.4 Å². The van der Waals surface area contributed by atoms with Crippen LogP contribution in [0.1, 0.15) is 53.0 Å². The maximum Gasteiger partial charge on any atom is 0.315 e. The molecule has 2 saturated carbocycles. The number of aliphatic carboxylic acids is 2. The quantitative estimate of drug-likeness (QED) is 0.131. The highest BCUT2D eigenvalue weighted by Crippen LogP contribution is 2.54. The Balaban J connectivity index is 1.35. The molecule has 8 nitrogen and oxygen atoms in total. The van der Waals surface area contributed by atoms with Crippen molar-refractivity contribution in [3.05, 3.63) is 71.3 Å². The molecule has 0 saturated heterocycles. The molecule has 8 unspecified atom stereocenters. The number of carboxylic acids is 2. The molecule has 46 heavy (non-hydrogen) atoms. The van der Waals surface area contributed by atoms with Gasteiger partial charge < -0.3 is 19.7 Å². The van der Waals surface area contributed by atoms with Gasteiger partial charge in [0.25, 0.3) is 0 Å². The van der Waals surface area contributed by atoms with Crippen LogP contribution in [0, 0.1) is 47.3 Å². The first-order valence-corrected chi connectivity index (χ1v) is 16.0. The Labute approximate surface area is 267 Å². The molecule has 4 aliphatic rings. The molecule has 0 heterocycles. The minimum atomic E-state index is -1.00. The van der Waals surface area contributed by atoms with E-state index in [1.165, 1.54) is 0 Å². The number of rotatable bonds is 6. The molecule has 8 atom stereocenters. The molecule has 0 spiro atoms. The summed E-state index contributed by atoms with van der Waals surface area (Å²) in [6.45, 7) is 10.0. The second-order valence-corrected chi connectivity index (χ2v) is 14.7. The summed E-state index contributed by atoms with van der Waals surface area (Å²) in [6.07, 6.45) is 5.23. The SMILES string of the molecule is CC1=CC2CC1C(C(=O)O)C2C(=O)Oc1c2ccccc2c(OC(=O)C2C3C=C(C)C(C3)C2C(=O)O)c2cc(C(C)(C)C)ccc12. The Morgan fingerprint density at radius 1 is 0.652 bits per heavy atom. The van der Waals surface area contributed by atoms with Crippen molar-refractivity contribution in [1.82, 2.24) is 0 Å². The van der Waals surface area contributed by atoms with Gasteiger partial charge in [-0.25, -0.2) is 0 Å². The number of carbonyl (C=O) groups is 4. The van der Waals surface area contributed by atoms with E-state index in [0.29, 0.717) is 34.4 Å². The summed E-state index contributed by atoms with van der Waals surface area (Å²) in [5, 5.41) is 22.4. The summed E-state index contributed by atoms with van der Waals surface area (Å²) in [7, 11) is 0. The molecule has 0 amide bonds. The Kier molecular flexibility index (Phi) is 6.92. The van der Waals surface area contributed by atoms with E-state index in [0.717, 1.165) is 16.7 Å². The van der Waals surface area contributed by atoms with Crippen LogP contribution >= 0.6 is 0 Å². The van der Waals surface area contributed by atoms with Crippen LogP contribution in [0.5, 0.6) is 11.5 Å². The number of fused-ring (bicyclic) bond motifs is 6. The second kappa shape index (κ2) is 10.5. The molecule has 7 rings (SSSR count). The highest BCUT2D eigenvalue weighted by atomic mass is 16.5. The molecular formula is C38H38O8. The van der Waals surface area contributed by atoms with Crippen molar-refractivity contribution in [2.24, 2.45) is 47.3 Å². The van der Waals surface area contributed by atoms with Crippen LogP contribution in [0.2, 0.25) is 0 Å². The number of carbonyl (C=O) groups excluding carboxylic acids is 2. The number of benzene rings is 3. The van der Waals surface area contributed by atoms with E-state index >= 15 is 0 Å². The van der Waals surface area contributed by atoms with Gasteiger partial charge in [-0.05, 0) is 67.4 Å². The summed E-state index contributed by atoms with van der Waals surface area (Å²) in [4.78, 5) is 52.6. The van der Waals surface area contributed by atoms with Crippen LogP contribution in [0.4, 0.5) is 0 Å². The minimum absolute atomic E-state index is 0.191. The molecule has 3 aromatic rings. The lowest BCUT2D eigenvalue weighted by atomic mass is 9.80. The third-order valence-corrected chi connectivity index (χ3v) is 11.1.